The summed E-state index contributed by atoms with van der Waals surface area (Å²) in [7, 11) is 0. The summed E-state index contributed by atoms with van der Waals surface area (Å²) in [5.74, 6) is 0.450. The minimum absolute atomic E-state index is 0.0367. The molecule has 0 atom stereocenters. The highest BCUT2D eigenvalue weighted by Gasteiger charge is 2.29. The molecule has 0 amide bonds. The van der Waals surface area contributed by atoms with Gasteiger partial charge in [0, 0.05) is 22.7 Å². The Kier molecular flexibility index (Phi) is 4.27. The van der Waals surface area contributed by atoms with Gasteiger partial charge in [-0.1, -0.05) is 65.0 Å². The van der Waals surface area contributed by atoms with E-state index in [-0.39, 0.29) is 5.41 Å². The van der Waals surface area contributed by atoms with Crippen LogP contribution >= 0.6 is 0 Å². The third-order valence-corrected chi connectivity index (χ3v) is 3.76. The first-order valence-electron chi connectivity index (χ1n) is 7.91. The smallest absolute Gasteiger partial charge is 0.0759 e. The van der Waals surface area contributed by atoms with Gasteiger partial charge in [-0.3, -0.25) is 4.68 Å². The Bertz CT molecular complexity index is 598. The van der Waals surface area contributed by atoms with Gasteiger partial charge in [-0.15, -0.1) is 0 Å². The van der Waals surface area contributed by atoms with Crippen molar-refractivity contribution in [1.29, 1.82) is 0 Å². The molecular formula is C19H28N2. The average Bonchev–Trinajstić information content (AvgIpc) is 2.80. The molecule has 2 rings (SSSR count). The van der Waals surface area contributed by atoms with Crippen molar-refractivity contribution in [3.8, 4) is 11.1 Å². The molecule has 0 aliphatic carbocycles. The van der Waals surface area contributed by atoms with Gasteiger partial charge < -0.3 is 0 Å². The Morgan fingerprint density at radius 2 is 1.52 bits per heavy atom. The van der Waals surface area contributed by atoms with E-state index >= 15 is 0 Å². The standard InChI is InChI=1S/C19H28N2/c1-13(2)17-16(15-11-9-8-10-12-15)18(19(5,6)7)20-21(17)14(3)4/h8-14H,1-7H3. The van der Waals surface area contributed by atoms with Crippen LogP contribution in [-0.2, 0) is 5.41 Å². The van der Waals surface area contributed by atoms with Crippen LogP contribution in [0.1, 0.15) is 71.8 Å². The van der Waals surface area contributed by atoms with Crippen LogP contribution < -0.4 is 0 Å². The predicted octanol–water partition coefficient (Wildman–Crippen LogP) is 5.55. The number of nitrogens with zero attached hydrogens (tertiary/aromatic N) is 2. The minimum Gasteiger partial charge on any atom is -0.266 e. The van der Waals surface area contributed by atoms with Crippen LogP contribution in [0.5, 0.6) is 0 Å². The molecule has 114 valence electrons. The first kappa shape index (κ1) is 15.8. The van der Waals surface area contributed by atoms with E-state index in [1.54, 1.807) is 0 Å². The van der Waals surface area contributed by atoms with E-state index in [0.29, 0.717) is 12.0 Å². The Balaban J connectivity index is 2.81. The number of rotatable bonds is 3. The van der Waals surface area contributed by atoms with Crippen molar-refractivity contribution in [3.05, 3.63) is 41.7 Å². The van der Waals surface area contributed by atoms with Crippen LogP contribution in [0.2, 0.25) is 0 Å². The van der Waals surface area contributed by atoms with Crippen molar-refractivity contribution in [2.24, 2.45) is 0 Å². The summed E-state index contributed by atoms with van der Waals surface area (Å²) in [6.07, 6.45) is 0. The van der Waals surface area contributed by atoms with Gasteiger partial charge in [0.25, 0.3) is 0 Å². The van der Waals surface area contributed by atoms with E-state index in [0.717, 1.165) is 0 Å². The lowest BCUT2D eigenvalue weighted by Gasteiger charge is -2.19. The minimum atomic E-state index is 0.0367. The Labute approximate surface area is 129 Å². The van der Waals surface area contributed by atoms with Crippen LogP contribution in [0.15, 0.2) is 30.3 Å². The van der Waals surface area contributed by atoms with E-state index in [4.69, 9.17) is 5.10 Å². The molecule has 0 aliphatic heterocycles. The van der Waals surface area contributed by atoms with Crippen LogP contribution in [-0.4, -0.2) is 9.78 Å². The Hall–Kier alpha value is -1.57. The highest BCUT2D eigenvalue weighted by Crippen LogP contribution is 2.39. The average molecular weight is 284 g/mol. The van der Waals surface area contributed by atoms with Gasteiger partial charge in [0.05, 0.1) is 5.69 Å². The molecule has 2 heteroatoms. The molecule has 2 aromatic rings. The van der Waals surface area contributed by atoms with Crippen molar-refractivity contribution in [2.75, 3.05) is 0 Å². The fourth-order valence-corrected chi connectivity index (χ4v) is 2.81. The molecule has 0 N–H and O–H groups in total. The summed E-state index contributed by atoms with van der Waals surface area (Å²) in [5, 5.41) is 5.00. The maximum Gasteiger partial charge on any atom is 0.0759 e. The fraction of sp³-hybridized carbons (Fsp3) is 0.526. The zero-order valence-corrected chi connectivity index (χ0v) is 14.4. The predicted molar refractivity (Wildman–Crippen MR) is 90.8 cm³/mol. The molecule has 0 spiro atoms. The van der Waals surface area contributed by atoms with Gasteiger partial charge in [0.15, 0.2) is 0 Å². The monoisotopic (exact) mass is 284 g/mol. The number of hydrogen-bond donors (Lipinski definition) is 0. The number of hydrogen-bond acceptors (Lipinski definition) is 1. The maximum absolute atomic E-state index is 5.00. The van der Waals surface area contributed by atoms with Gasteiger partial charge in [0.1, 0.15) is 0 Å². The van der Waals surface area contributed by atoms with Crippen molar-refractivity contribution in [3.63, 3.8) is 0 Å². The van der Waals surface area contributed by atoms with Crippen LogP contribution in [0.3, 0.4) is 0 Å². The topological polar surface area (TPSA) is 17.8 Å². The van der Waals surface area contributed by atoms with Crippen LogP contribution in [0.4, 0.5) is 0 Å². The maximum atomic E-state index is 5.00. The molecule has 0 unspecified atom stereocenters. The molecule has 1 aromatic carbocycles. The van der Waals surface area contributed by atoms with Crippen molar-refractivity contribution in [1.82, 2.24) is 9.78 Å². The third-order valence-electron chi connectivity index (χ3n) is 3.76. The Morgan fingerprint density at radius 3 is 1.95 bits per heavy atom. The first-order chi connectivity index (χ1) is 9.73. The molecule has 2 nitrogen and oxygen atoms in total. The number of aromatic nitrogens is 2. The molecule has 0 radical (unpaired) electrons. The summed E-state index contributed by atoms with van der Waals surface area (Å²) in [6, 6.07) is 11.1. The quantitative estimate of drug-likeness (QED) is 0.722. The van der Waals surface area contributed by atoms with Gasteiger partial charge in [0.2, 0.25) is 0 Å². The second kappa shape index (κ2) is 5.67. The van der Waals surface area contributed by atoms with E-state index in [1.807, 2.05) is 0 Å². The van der Waals surface area contributed by atoms with Crippen molar-refractivity contribution >= 4 is 0 Å². The molecular weight excluding hydrogens is 256 g/mol. The zero-order valence-electron chi connectivity index (χ0n) is 14.4. The summed E-state index contributed by atoms with van der Waals surface area (Å²) in [4.78, 5) is 0. The lowest BCUT2D eigenvalue weighted by molar-refractivity contribution is 0.475. The van der Waals surface area contributed by atoms with Gasteiger partial charge in [-0.05, 0) is 25.3 Å². The highest BCUT2D eigenvalue weighted by molar-refractivity contribution is 5.70. The molecule has 1 heterocycles. The SMILES string of the molecule is CC(C)c1c(-c2ccccc2)c(C(C)(C)C)nn1C(C)C. The molecule has 0 fully saturated rings. The lowest BCUT2D eigenvalue weighted by atomic mass is 9.85. The Morgan fingerprint density at radius 1 is 0.952 bits per heavy atom. The van der Waals surface area contributed by atoms with Crippen LogP contribution in [0.25, 0.3) is 11.1 Å². The number of benzene rings is 1. The summed E-state index contributed by atoms with van der Waals surface area (Å²) in [6.45, 7) is 15.7. The normalized spacial score (nSPS) is 12.4. The second-order valence-corrected chi connectivity index (χ2v) is 7.42. The van der Waals surface area contributed by atoms with Crippen LogP contribution in [0, 0.1) is 0 Å². The fourth-order valence-electron chi connectivity index (χ4n) is 2.81. The van der Waals surface area contributed by atoms with E-state index in [1.165, 1.54) is 22.5 Å². The third kappa shape index (κ3) is 3.04. The van der Waals surface area contributed by atoms with Crippen molar-refractivity contribution < 1.29 is 0 Å². The molecule has 0 aliphatic rings. The first-order valence-corrected chi connectivity index (χ1v) is 7.91. The van der Waals surface area contributed by atoms with Gasteiger partial charge in [-0.25, -0.2) is 0 Å². The zero-order chi connectivity index (χ0) is 15.8. The molecule has 21 heavy (non-hydrogen) atoms. The summed E-state index contributed by atoms with van der Waals surface area (Å²) >= 11 is 0. The molecule has 1 aromatic heterocycles. The van der Waals surface area contributed by atoms with Gasteiger partial charge in [-0.2, -0.15) is 5.10 Å². The molecule has 0 saturated carbocycles. The lowest BCUT2D eigenvalue weighted by Crippen LogP contribution is -2.14. The van der Waals surface area contributed by atoms with Crippen molar-refractivity contribution in [2.45, 2.75) is 65.8 Å². The summed E-state index contributed by atoms with van der Waals surface area (Å²) in [5.41, 5.74) is 5.19. The molecule has 0 bridgehead atoms. The highest BCUT2D eigenvalue weighted by atomic mass is 15.3. The summed E-state index contributed by atoms with van der Waals surface area (Å²) < 4.78 is 2.22. The van der Waals surface area contributed by atoms with Gasteiger partial charge >= 0.3 is 0 Å². The van der Waals surface area contributed by atoms with E-state index in [9.17, 15) is 0 Å². The van der Waals surface area contributed by atoms with E-state index < -0.39 is 0 Å². The largest absolute Gasteiger partial charge is 0.266 e. The second-order valence-electron chi connectivity index (χ2n) is 7.42. The molecule has 0 saturated heterocycles. The van der Waals surface area contributed by atoms with E-state index in [2.05, 4.69) is 83.5 Å².